The highest BCUT2D eigenvalue weighted by Crippen LogP contribution is 2.23. The number of rotatable bonds is 5. The van der Waals surface area contributed by atoms with Gasteiger partial charge in [0, 0.05) is 0 Å². The summed E-state index contributed by atoms with van der Waals surface area (Å²) < 4.78 is 4.28. The van der Waals surface area contributed by atoms with Gasteiger partial charge in [0.15, 0.2) is 0 Å². The Balaban J connectivity index is 2.64. The molecule has 1 rings (SSSR count). The molecule has 0 fully saturated rings. The van der Waals surface area contributed by atoms with Crippen LogP contribution in [-0.4, -0.2) is 12.4 Å². The fourth-order valence-electron chi connectivity index (χ4n) is 1.53. The van der Waals surface area contributed by atoms with Crippen molar-refractivity contribution in [2.24, 2.45) is 0 Å². The molecule has 0 radical (unpaired) electrons. The molecule has 0 amide bonds. The minimum Gasteiger partial charge on any atom is -0.395 e. The summed E-state index contributed by atoms with van der Waals surface area (Å²) in [6.45, 7) is 2.19. The van der Waals surface area contributed by atoms with Crippen LogP contribution in [0.5, 0.6) is 0 Å². The lowest BCUT2D eigenvalue weighted by molar-refractivity contribution is -0.151. The average Bonchev–Trinajstić information content (AvgIpc) is 2.27. The summed E-state index contributed by atoms with van der Waals surface area (Å²) in [5.74, 6) is -0.348. The molecule has 1 aromatic carbocycles. The van der Waals surface area contributed by atoms with Crippen LogP contribution in [-0.2, 0) is 14.3 Å². The maximum Gasteiger partial charge on any atom is 0.313 e. The summed E-state index contributed by atoms with van der Waals surface area (Å²) in [7, 11) is 0. The molecule has 0 spiro atoms. The van der Waals surface area contributed by atoms with Crippen molar-refractivity contribution >= 4 is 12.4 Å². The highest BCUT2D eigenvalue weighted by Gasteiger charge is 2.14. The minimum atomic E-state index is -0.472. The molecule has 0 aliphatic rings. The van der Waals surface area contributed by atoms with Crippen molar-refractivity contribution in [2.75, 3.05) is 0 Å². The van der Waals surface area contributed by atoms with Crippen molar-refractivity contribution in [3.63, 3.8) is 0 Å². The first kappa shape index (κ1) is 11.4. The number of hydrogen-bond donors (Lipinski definition) is 0. The molecular formula is C12H14O3. The lowest BCUT2D eigenvalue weighted by Crippen LogP contribution is -2.09. The molecule has 0 N–H and O–H groups in total. The molecule has 0 aromatic heterocycles. The zero-order valence-electron chi connectivity index (χ0n) is 8.68. The standard InChI is InChI=1S/C12H14O3/c1-2-10(8-12(14)15-9-13)11-6-4-3-5-7-11/h3-7,9-10H,2,8H2,1H3. The van der Waals surface area contributed by atoms with Crippen molar-refractivity contribution in [3.8, 4) is 0 Å². The predicted molar refractivity (Wildman–Crippen MR) is 56.2 cm³/mol. The van der Waals surface area contributed by atoms with Crippen LogP contribution in [0.4, 0.5) is 0 Å². The third kappa shape index (κ3) is 3.54. The Hall–Kier alpha value is -1.64. The molecule has 0 heterocycles. The molecule has 1 unspecified atom stereocenters. The zero-order valence-corrected chi connectivity index (χ0v) is 8.68. The zero-order chi connectivity index (χ0) is 11.1. The van der Waals surface area contributed by atoms with Gasteiger partial charge < -0.3 is 4.74 Å². The van der Waals surface area contributed by atoms with Crippen LogP contribution < -0.4 is 0 Å². The van der Waals surface area contributed by atoms with E-state index in [9.17, 15) is 9.59 Å². The Morgan fingerprint density at radius 3 is 2.60 bits per heavy atom. The first-order chi connectivity index (χ1) is 7.27. The van der Waals surface area contributed by atoms with E-state index in [1.165, 1.54) is 0 Å². The van der Waals surface area contributed by atoms with Gasteiger partial charge in [-0.15, -0.1) is 0 Å². The van der Waals surface area contributed by atoms with E-state index in [0.717, 1.165) is 12.0 Å². The summed E-state index contributed by atoms with van der Waals surface area (Å²) in [5, 5.41) is 0. The molecule has 80 valence electrons. The molecule has 0 saturated carbocycles. The summed E-state index contributed by atoms with van der Waals surface area (Å²) in [5.41, 5.74) is 1.10. The molecule has 0 aliphatic carbocycles. The number of hydrogen-bond acceptors (Lipinski definition) is 3. The van der Waals surface area contributed by atoms with Crippen LogP contribution in [0, 0.1) is 0 Å². The predicted octanol–water partition coefficient (Wildman–Crippen LogP) is 2.27. The molecule has 1 aromatic rings. The molecular weight excluding hydrogens is 192 g/mol. The van der Waals surface area contributed by atoms with Gasteiger partial charge in [0.1, 0.15) is 0 Å². The van der Waals surface area contributed by atoms with Crippen LogP contribution in [0.2, 0.25) is 0 Å². The Bertz CT molecular complexity index is 319. The molecule has 3 nitrogen and oxygen atoms in total. The van der Waals surface area contributed by atoms with Crippen LogP contribution in [0.3, 0.4) is 0 Å². The van der Waals surface area contributed by atoms with Crippen LogP contribution in [0.25, 0.3) is 0 Å². The summed E-state index contributed by atoms with van der Waals surface area (Å²) in [6, 6.07) is 9.75. The number of carbonyl (C=O) groups excluding carboxylic acids is 2. The van der Waals surface area contributed by atoms with Gasteiger partial charge >= 0.3 is 12.4 Å². The van der Waals surface area contributed by atoms with Gasteiger partial charge in [0.05, 0.1) is 6.42 Å². The normalized spacial score (nSPS) is 11.8. The van der Waals surface area contributed by atoms with Crippen molar-refractivity contribution < 1.29 is 14.3 Å². The Morgan fingerprint density at radius 2 is 2.07 bits per heavy atom. The maximum atomic E-state index is 11.1. The van der Waals surface area contributed by atoms with Crippen molar-refractivity contribution in [1.82, 2.24) is 0 Å². The third-order valence-corrected chi connectivity index (χ3v) is 2.36. The van der Waals surface area contributed by atoms with Gasteiger partial charge in [-0.1, -0.05) is 37.3 Å². The van der Waals surface area contributed by atoms with Crippen molar-refractivity contribution in [3.05, 3.63) is 35.9 Å². The lowest BCUT2D eigenvalue weighted by Gasteiger charge is -2.12. The largest absolute Gasteiger partial charge is 0.395 e. The van der Waals surface area contributed by atoms with E-state index in [1.807, 2.05) is 37.3 Å². The molecule has 0 saturated heterocycles. The lowest BCUT2D eigenvalue weighted by atomic mass is 9.93. The summed E-state index contributed by atoms with van der Waals surface area (Å²) in [6.07, 6.45) is 1.09. The number of benzene rings is 1. The van der Waals surface area contributed by atoms with Gasteiger partial charge in [-0.25, -0.2) is 0 Å². The van der Waals surface area contributed by atoms with Gasteiger partial charge in [-0.2, -0.15) is 0 Å². The highest BCUT2D eigenvalue weighted by atomic mass is 16.6. The molecule has 15 heavy (non-hydrogen) atoms. The van der Waals surface area contributed by atoms with Gasteiger partial charge in [0.25, 0.3) is 0 Å². The van der Waals surface area contributed by atoms with E-state index in [4.69, 9.17) is 0 Å². The van der Waals surface area contributed by atoms with E-state index in [-0.39, 0.29) is 18.8 Å². The quantitative estimate of drug-likeness (QED) is 0.421. The van der Waals surface area contributed by atoms with Crippen LogP contribution in [0.1, 0.15) is 31.2 Å². The smallest absolute Gasteiger partial charge is 0.313 e. The van der Waals surface area contributed by atoms with E-state index in [1.54, 1.807) is 0 Å². The van der Waals surface area contributed by atoms with Gasteiger partial charge in [-0.05, 0) is 17.9 Å². The second-order valence-corrected chi connectivity index (χ2v) is 3.31. The topological polar surface area (TPSA) is 43.4 Å². The first-order valence-corrected chi connectivity index (χ1v) is 4.96. The minimum absolute atomic E-state index is 0.124. The van der Waals surface area contributed by atoms with E-state index >= 15 is 0 Å². The van der Waals surface area contributed by atoms with Crippen LogP contribution >= 0.6 is 0 Å². The Labute approximate surface area is 89.1 Å². The number of esters is 1. The van der Waals surface area contributed by atoms with Crippen LogP contribution in [0.15, 0.2) is 30.3 Å². The van der Waals surface area contributed by atoms with Crippen molar-refractivity contribution in [1.29, 1.82) is 0 Å². The van der Waals surface area contributed by atoms with Gasteiger partial charge in [0.2, 0.25) is 0 Å². The molecule has 3 heteroatoms. The second kappa shape index (κ2) is 5.96. The molecule has 1 atom stereocenters. The SMILES string of the molecule is CCC(CC(=O)OC=O)c1ccccc1. The van der Waals surface area contributed by atoms with E-state index in [2.05, 4.69) is 4.74 Å². The monoisotopic (exact) mass is 206 g/mol. The third-order valence-electron chi connectivity index (χ3n) is 2.36. The molecule has 0 bridgehead atoms. The maximum absolute atomic E-state index is 11.1. The van der Waals surface area contributed by atoms with Crippen molar-refractivity contribution in [2.45, 2.75) is 25.7 Å². The fourth-order valence-corrected chi connectivity index (χ4v) is 1.53. The number of ether oxygens (including phenoxy) is 1. The number of carbonyl (C=O) groups is 2. The summed E-state index contributed by atoms with van der Waals surface area (Å²) in [4.78, 5) is 21.1. The Morgan fingerprint density at radius 1 is 1.40 bits per heavy atom. The molecule has 0 aliphatic heterocycles. The second-order valence-electron chi connectivity index (χ2n) is 3.31. The average molecular weight is 206 g/mol. The highest BCUT2D eigenvalue weighted by molar-refractivity contribution is 5.77. The summed E-state index contributed by atoms with van der Waals surface area (Å²) >= 11 is 0. The van der Waals surface area contributed by atoms with E-state index < -0.39 is 5.97 Å². The first-order valence-electron chi connectivity index (χ1n) is 4.96. The Kier molecular flexibility index (Phi) is 4.54. The van der Waals surface area contributed by atoms with E-state index in [0.29, 0.717) is 0 Å². The fraction of sp³-hybridized carbons (Fsp3) is 0.333. The van der Waals surface area contributed by atoms with Gasteiger partial charge in [-0.3, -0.25) is 9.59 Å².